The van der Waals surface area contributed by atoms with Gasteiger partial charge in [-0.3, -0.25) is 4.79 Å². The minimum Gasteiger partial charge on any atom is -0.425 e. The molecule has 8 heteroatoms. The van der Waals surface area contributed by atoms with E-state index < -0.39 is 11.6 Å². The maximum Gasteiger partial charge on any atom is 0.232 e. The van der Waals surface area contributed by atoms with Gasteiger partial charge in [0.25, 0.3) is 0 Å². The van der Waals surface area contributed by atoms with Crippen LogP contribution in [0.15, 0.2) is 22.6 Å². The number of aryl methyl sites for hydroxylation is 1. The summed E-state index contributed by atoms with van der Waals surface area (Å²) in [6.45, 7) is 3.40. The summed E-state index contributed by atoms with van der Waals surface area (Å²) in [5.41, 5.74) is 0.227. The number of aromatic nitrogens is 2. The molecule has 0 saturated carbocycles. The van der Waals surface area contributed by atoms with Crippen molar-refractivity contribution in [1.29, 1.82) is 0 Å². The number of halogens is 2. The fourth-order valence-corrected chi connectivity index (χ4v) is 2.58. The third-order valence-electron chi connectivity index (χ3n) is 3.77. The monoisotopic (exact) mass is 322 g/mol. The summed E-state index contributed by atoms with van der Waals surface area (Å²) in [6, 6.07) is 4.10. The van der Waals surface area contributed by atoms with E-state index in [2.05, 4.69) is 10.2 Å². The Morgan fingerprint density at radius 1 is 1.22 bits per heavy atom. The lowest BCUT2D eigenvalue weighted by molar-refractivity contribution is -0.131. The van der Waals surface area contributed by atoms with E-state index in [1.165, 1.54) is 12.1 Å². The third kappa shape index (κ3) is 3.30. The number of carbonyl (C=O) groups excluding carboxylic acids is 1. The number of carbonyl (C=O) groups is 1. The van der Waals surface area contributed by atoms with E-state index >= 15 is 0 Å². The number of rotatable bonds is 3. The molecule has 3 rings (SSSR count). The highest BCUT2D eigenvalue weighted by Gasteiger charge is 2.24. The van der Waals surface area contributed by atoms with Crippen LogP contribution in [0.2, 0.25) is 0 Å². The van der Waals surface area contributed by atoms with Gasteiger partial charge in [-0.25, -0.2) is 8.78 Å². The number of benzene rings is 1. The highest BCUT2D eigenvalue weighted by Crippen LogP contribution is 2.22. The van der Waals surface area contributed by atoms with Crippen LogP contribution in [0.1, 0.15) is 11.8 Å². The second-order valence-electron chi connectivity index (χ2n) is 5.33. The normalized spacial score (nSPS) is 15.1. The number of hydrogen-bond donors (Lipinski definition) is 0. The van der Waals surface area contributed by atoms with Crippen molar-refractivity contribution >= 4 is 11.6 Å². The summed E-state index contributed by atoms with van der Waals surface area (Å²) in [6.07, 6.45) is 0.0508. The van der Waals surface area contributed by atoms with Gasteiger partial charge < -0.3 is 14.2 Å². The molecule has 0 aliphatic carbocycles. The molecule has 122 valence electrons. The lowest BCUT2D eigenvalue weighted by Gasteiger charge is -2.36. The molecule has 1 aliphatic heterocycles. The molecule has 0 bridgehead atoms. The minimum absolute atomic E-state index is 0.0508. The maximum atomic E-state index is 13.8. The van der Waals surface area contributed by atoms with Gasteiger partial charge in [-0.15, -0.1) is 10.2 Å². The quantitative estimate of drug-likeness (QED) is 0.858. The van der Waals surface area contributed by atoms with Gasteiger partial charge in [0.05, 0.1) is 5.69 Å². The molecule has 1 fully saturated rings. The fraction of sp³-hybridized carbons (Fsp3) is 0.400. The van der Waals surface area contributed by atoms with Crippen LogP contribution in [0.5, 0.6) is 0 Å². The molecule has 1 aliphatic rings. The van der Waals surface area contributed by atoms with Gasteiger partial charge in [-0.2, -0.15) is 0 Å². The van der Waals surface area contributed by atoms with Gasteiger partial charge in [0.1, 0.15) is 6.42 Å². The van der Waals surface area contributed by atoms with Gasteiger partial charge in [0, 0.05) is 33.1 Å². The van der Waals surface area contributed by atoms with Crippen molar-refractivity contribution in [1.82, 2.24) is 15.1 Å². The van der Waals surface area contributed by atoms with E-state index in [-0.39, 0.29) is 23.9 Å². The Morgan fingerprint density at radius 3 is 2.61 bits per heavy atom. The van der Waals surface area contributed by atoms with Crippen molar-refractivity contribution in [3.05, 3.63) is 41.6 Å². The van der Waals surface area contributed by atoms with E-state index in [4.69, 9.17) is 4.42 Å². The summed E-state index contributed by atoms with van der Waals surface area (Å²) in [4.78, 5) is 15.6. The first-order chi connectivity index (χ1) is 11.0. The molecule has 0 spiro atoms. The smallest absolute Gasteiger partial charge is 0.232 e. The fourth-order valence-electron chi connectivity index (χ4n) is 2.58. The SMILES string of the molecule is Cc1nnc(CC(=O)N2CCN(c3cccc(F)c3F)CC2)o1. The van der Waals surface area contributed by atoms with Crippen LogP contribution in [0, 0.1) is 18.6 Å². The Labute approximate surface area is 131 Å². The molecular weight excluding hydrogens is 306 g/mol. The maximum absolute atomic E-state index is 13.8. The molecule has 1 saturated heterocycles. The Kier molecular flexibility index (Phi) is 4.22. The van der Waals surface area contributed by atoms with Crippen LogP contribution in [0.4, 0.5) is 14.5 Å². The van der Waals surface area contributed by atoms with E-state index in [9.17, 15) is 13.6 Å². The molecule has 0 N–H and O–H groups in total. The molecule has 2 heterocycles. The Balaban J connectivity index is 1.59. The molecule has 2 aromatic rings. The predicted molar refractivity (Wildman–Crippen MR) is 77.9 cm³/mol. The van der Waals surface area contributed by atoms with Gasteiger partial charge in [-0.05, 0) is 12.1 Å². The van der Waals surface area contributed by atoms with E-state index in [1.807, 2.05) is 0 Å². The van der Waals surface area contributed by atoms with Gasteiger partial charge in [0.15, 0.2) is 11.6 Å². The summed E-state index contributed by atoms with van der Waals surface area (Å²) < 4.78 is 32.3. The average Bonchev–Trinajstić information content (AvgIpc) is 2.95. The lowest BCUT2D eigenvalue weighted by Crippen LogP contribution is -2.49. The van der Waals surface area contributed by atoms with Crippen molar-refractivity contribution in [2.75, 3.05) is 31.1 Å². The van der Waals surface area contributed by atoms with Crippen molar-refractivity contribution in [3.8, 4) is 0 Å². The topological polar surface area (TPSA) is 62.5 Å². The zero-order valence-electron chi connectivity index (χ0n) is 12.6. The number of piperazine rings is 1. The van der Waals surface area contributed by atoms with Crippen LogP contribution in [-0.4, -0.2) is 47.2 Å². The summed E-state index contributed by atoms with van der Waals surface area (Å²) >= 11 is 0. The van der Waals surface area contributed by atoms with Crippen LogP contribution in [0.25, 0.3) is 0 Å². The zero-order chi connectivity index (χ0) is 16.4. The minimum atomic E-state index is -0.868. The first kappa shape index (κ1) is 15.4. The van der Waals surface area contributed by atoms with E-state index in [0.29, 0.717) is 32.1 Å². The molecule has 23 heavy (non-hydrogen) atoms. The van der Waals surface area contributed by atoms with Crippen molar-refractivity contribution < 1.29 is 18.0 Å². The molecule has 0 radical (unpaired) electrons. The van der Waals surface area contributed by atoms with Crippen molar-refractivity contribution in [2.45, 2.75) is 13.3 Å². The molecule has 1 aromatic heterocycles. The predicted octanol–water partition coefficient (Wildman–Crippen LogP) is 1.55. The van der Waals surface area contributed by atoms with Crippen LogP contribution < -0.4 is 4.90 Å². The lowest BCUT2D eigenvalue weighted by atomic mass is 10.2. The first-order valence-electron chi connectivity index (χ1n) is 7.30. The van der Waals surface area contributed by atoms with Crippen molar-refractivity contribution in [2.24, 2.45) is 0 Å². The van der Waals surface area contributed by atoms with Crippen LogP contribution >= 0.6 is 0 Å². The Morgan fingerprint density at radius 2 is 1.96 bits per heavy atom. The van der Waals surface area contributed by atoms with Crippen LogP contribution in [0.3, 0.4) is 0 Å². The summed E-state index contributed by atoms with van der Waals surface area (Å²) in [5.74, 6) is -1.14. The average molecular weight is 322 g/mol. The van der Waals surface area contributed by atoms with E-state index in [1.54, 1.807) is 16.7 Å². The zero-order valence-corrected chi connectivity index (χ0v) is 12.6. The molecular formula is C15H16F2N4O2. The molecule has 0 atom stereocenters. The van der Waals surface area contributed by atoms with Gasteiger partial charge in [-0.1, -0.05) is 6.07 Å². The standard InChI is InChI=1S/C15H16F2N4O2/c1-10-18-19-13(23-10)9-14(22)21-7-5-20(6-8-21)12-4-2-3-11(16)15(12)17/h2-4H,5-9H2,1H3. The third-order valence-corrected chi connectivity index (χ3v) is 3.77. The molecule has 0 unspecified atom stereocenters. The number of hydrogen-bond acceptors (Lipinski definition) is 5. The Bertz CT molecular complexity index is 711. The molecule has 1 amide bonds. The summed E-state index contributed by atoms with van der Waals surface area (Å²) in [5, 5.41) is 7.48. The highest BCUT2D eigenvalue weighted by atomic mass is 19.2. The van der Waals surface area contributed by atoms with Crippen LogP contribution in [-0.2, 0) is 11.2 Å². The van der Waals surface area contributed by atoms with Gasteiger partial charge in [0.2, 0.25) is 17.7 Å². The number of nitrogens with zero attached hydrogens (tertiary/aromatic N) is 4. The first-order valence-corrected chi connectivity index (χ1v) is 7.30. The second-order valence-corrected chi connectivity index (χ2v) is 5.33. The Hall–Kier alpha value is -2.51. The highest BCUT2D eigenvalue weighted by molar-refractivity contribution is 5.78. The molecule has 6 nitrogen and oxygen atoms in total. The number of anilines is 1. The largest absolute Gasteiger partial charge is 0.425 e. The van der Waals surface area contributed by atoms with E-state index in [0.717, 1.165) is 6.07 Å². The van der Waals surface area contributed by atoms with Gasteiger partial charge >= 0.3 is 0 Å². The molecule has 1 aromatic carbocycles. The van der Waals surface area contributed by atoms with Crippen molar-refractivity contribution in [3.63, 3.8) is 0 Å². The second kappa shape index (κ2) is 6.31. The summed E-state index contributed by atoms with van der Waals surface area (Å²) in [7, 11) is 0. The number of amides is 1.